The molecule has 1 aliphatic carbocycles. The fourth-order valence-electron chi connectivity index (χ4n) is 3.71. The fraction of sp³-hybridized carbons (Fsp3) is 0.316. The summed E-state index contributed by atoms with van der Waals surface area (Å²) in [4.78, 5) is 11.3. The highest BCUT2D eigenvalue weighted by molar-refractivity contribution is 7.92. The molecule has 1 saturated carbocycles. The maximum Gasteiger partial charge on any atom is 0.188 e. The largest absolute Gasteiger partial charge is 0.303 e. The topological polar surface area (TPSA) is 51.2 Å². The van der Waals surface area contributed by atoms with Crippen molar-refractivity contribution in [3.63, 3.8) is 0 Å². The number of halogens is 3. The summed E-state index contributed by atoms with van der Waals surface area (Å²) >= 11 is 5.84. The van der Waals surface area contributed by atoms with Gasteiger partial charge < -0.3 is 4.79 Å². The minimum atomic E-state index is -4.10. The van der Waals surface area contributed by atoms with Crippen LogP contribution in [0.5, 0.6) is 0 Å². The van der Waals surface area contributed by atoms with E-state index in [4.69, 9.17) is 11.6 Å². The normalized spacial score (nSPS) is 23.6. The number of benzene rings is 2. The Morgan fingerprint density at radius 2 is 1.81 bits per heavy atom. The molecule has 0 aliphatic heterocycles. The quantitative estimate of drug-likeness (QED) is 0.703. The van der Waals surface area contributed by atoms with Crippen molar-refractivity contribution in [3.05, 3.63) is 64.7 Å². The van der Waals surface area contributed by atoms with Gasteiger partial charge in [0.25, 0.3) is 0 Å². The zero-order valence-corrected chi connectivity index (χ0v) is 15.4. The van der Waals surface area contributed by atoms with Crippen molar-refractivity contribution in [1.29, 1.82) is 0 Å². The second kappa shape index (κ2) is 7.08. The molecule has 0 aromatic heterocycles. The summed E-state index contributed by atoms with van der Waals surface area (Å²) < 4.78 is 53.7. The van der Waals surface area contributed by atoms with Gasteiger partial charge in [-0.25, -0.2) is 17.2 Å². The minimum absolute atomic E-state index is 0.0305. The molecule has 138 valence electrons. The van der Waals surface area contributed by atoms with Gasteiger partial charge in [-0.15, -0.1) is 0 Å². The zero-order valence-electron chi connectivity index (χ0n) is 13.8. The third-order valence-electron chi connectivity index (χ3n) is 5.00. The van der Waals surface area contributed by atoms with E-state index in [2.05, 4.69) is 0 Å². The van der Waals surface area contributed by atoms with E-state index in [1.165, 1.54) is 24.3 Å². The molecule has 0 N–H and O–H groups in total. The number of carbonyl (C=O) groups excluding carboxylic acids is 1. The monoisotopic (exact) mass is 398 g/mol. The molecule has 0 unspecified atom stereocenters. The van der Waals surface area contributed by atoms with Crippen molar-refractivity contribution in [3.8, 4) is 0 Å². The van der Waals surface area contributed by atoms with Gasteiger partial charge in [0.2, 0.25) is 0 Å². The van der Waals surface area contributed by atoms with E-state index in [0.29, 0.717) is 24.2 Å². The first-order valence-electron chi connectivity index (χ1n) is 8.21. The molecule has 26 heavy (non-hydrogen) atoms. The summed E-state index contributed by atoms with van der Waals surface area (Å²) in [6, 6.07) is 8.36. The van der Waals surface area contributed by atoms with Crippen LogP contribution >= 0.6 is 11.6 Å². The molecular weight excluding hydrogens is 382 g/mol. The Morgan fingerprint density at radius 1 is 1.12 bits per heavy atom. The first-order valence-corrected chi connectivity index (χ1v) is 10.1. The van der Waals surface area contributed by atoms with Gasteiger partial charge in [0.15, 0.2) is 9.84 Å². The molecule has 0 saturated heterocycles. The van der Waals surface area contributed by atoms with Crippen molar-refractivity contribution in [2.24, 2.45) is 5.92 Å². The first-order chi connectivity index (χ1) is 12.3. The lowest BCUT2D eigenvalue weighted by molar-refractivity contribution is -0.112. The van der Waals surface area contributed by atoms with E-state index in [0.717, 1.165) is 18.2 Å². The third kappa shape index (κ3) is 3.16. The number of hydrogen-bond acceptors (Lipinski definition) is 3. The number of carbonyl (C=O) groups is 1. The van der Waals surface area contributed by atoms with Crippen LogP contribution < -0.4 is 0 Å². The average molecular weight is 399 g/mol. The Morgan fingerprint density at radius 3 is 2.46 bits per heavy atom. The van der Waals surface area contributed by atoms with Crippen LogP contribution in [0.3, 0.4) is 0 Å². The Bertz CT molecular complexity index is 928. The Balaban J connectivity index is 2.25. The summed E-state index contributed by atoms with van der Waals surface area (Å²) in [6.45, 7) is 0. The van der Waals surface area contributed by atoms with Crippen molar-refractivity contribution >= 4 is 27.7 Å². The van der Waals surface area contributed by atoms with Crippen molar-refractivity contribution in [2.45, 2.75) is 35.3 Å². The molecule has 0 amide bonds. The Hall–Kier alpha value is -1.79. The van der Waals surface area contributed by atoms with Crippen LogP contribution in [0.1, 0.15) is 31.2 Å². The predicted molar refractivity (Wildman–Crippen MR) is 94.7 cm³/mol. The van der Waals surface area contributed by atoms with E-state index < -0.39 is 32.1 Å². The highest BCUT2D eigenvalue weighted by atomic mass is 35.5. The van der Waals surface area contributed by atoms with Gasteiger partial charge in [-0.05, 0) is 61.7 Å². The van der Waals surface area contributed by atoms with E-state index in [1.54, 1.807) is 0 Å². The van der Waals surface area contributed by atoms with Gasteiger partial charge in [0.1, 0.15) is 22.7 Å². The van der Waals surface area contributed by atoms with Crippen LogP contribution in [-0.2, 0) is 19.4 Å². The molecule has 0 spiro atoms. The number of hydrogen-bond donors (Lipinski definition) is 0. The van der Waals surface area contributed by atoms with E-state index in [9.17, 15) is 22.0 Å². The molecule has 2 aromatic carbocycles. The van der Waals surface area contributed by atoms with Gasteiger partial charge in [0.05, 0.1) is 4.90 Å². The molecule has 2 aromatic rings. The van der Waals surface area contributed by atoms with Crippen LogP contribution in [0.2, 0.25) is 5.02 Å². The summed E-state index contributed by atoms with van der Waals surface area (Å²) in [6.07, 6.45) is 1.68. The van der Waals surface area contributed by atoms with Crippen molar-refractivity contribution in [1.82, 2.24) is 0 Å². The summed E-state index contributed by atoms with van der Waals surface area (Å²) in [5, 5.41) is 0.365. The lowest BCUT2D eigenvalue weighted by atomic mass is 9.77. The molecule has 2 atom stereocenters. The van der Waals surface area contributed by atoms with Gasteiger partial charge >= 0.3 is 0 Å². The lowest BCUT2D eigenvalue weighted by Gasteiger charge is -2.39. The van der Waals surface area contributed by atoms with Gasteiger partial charge in [-0.3, -0.25) is 0 Å². The maximum atomic E-state index is 14.6. The second-order valence-corrected chi connectivity index (χ2v) is 9.26. The van der Waals surface area contributed by atoms with Crippen LogP contribution in [0.25, 0.3) is 0 Å². The SMILES string of the molecule is O=C[C@@H]1CCC[C@](c2cc(F)ccc2F)(S(=O)(=O)c2ccc(Cl)cc2)C1. The lowest BCUT2D eigenvalue weighted by Crippen LogP contribution is -2.42. The number of aldehydes is 1. The standard InChI is InChI=1S/C19H17ClF2O3S/c20-14-3-6-16(7-4-14)26(24,25)19(9-1-2-13(11-19)12-23)17-10-15(21)5-8-18(17)22/h3-8,10,12-13H,1-2,9,11H2/t13-,19+/m1/s1. The summed E-state index contributed by atoms with van der Waals surface area (Å²) in [5.41, 5.74) is -0.223. The summed E-state index contributed by atoms with van der Waals surface area (Å²) in [5.74, 6) is -2.05. The molecule has 0 heterocycles. The number of sulfone groups is 1. The molecule has 1 aliphatic rings. The molecule has 7 heteroatoms. The van der Waals surface area contributed by atoms with Crippen LogP contribution in [0.4, 0.5) is 8.78 Å². The van der Waals surface area contributed by atoms with Crippen molar-refractivity contribution < 1.29 is 22.0 Å². The van der Waals surface area contributed by atoms with E-state index in [1.807, 2.05) is 0 Å². The molecular formula is C19H17ClF2O3S. The highest BCUT2D eigenvalue weighted by Crippen LogP contribution is 2.49. The molecule has 0 radical (unpaired) electrons. The second-order valence-electron chi connectivity index (χ2n) is 6.57. The Kier molecular flexibility index (Phi) is 5.17. The molecule has 1 fully saturated rings. The molecule has 0 bridgehead atoms. The van der Waals surface area contributed by atoms with E-state index in [-0.39, 0.29) is 23.3 Å². The van der Waals surface area contributed by atoms with Gasteiger partial charge in [-0.2, -0.15) is 0 Å². The van der Waals surface area contributed by atoms with E-state index >= 15 is 0 Å². The smallest absolute Gasteiger partial charge is 0.188 e. The average Bonchev–Trinajstić information content (AvgIpc) is 2.64. The van der Waals surface area contributed by atoms with Crippen LogP contribution in [-0.4, -0.2) is 14.7 Å². The van der Waals surface area contributed by atoms with Crippen molar-refractivity contribution in [2.75, 3.05) is 0 Å². The zero-order chi connectivity index (χ0) is 18.9. The highest BCUT2D eigenvalue weighted by Gasteiger charge is 2.50. The number of rotatable bonds is 4. The van der Waals surface area contributed by atoms with Crippen LogP contribution in [0, 0.1) is 17.6 Å². The molecule has 3 rings (SSSR count). The van der Waals surface area contributed by atoms with Crippen LogP contribution in [0.15, 0.2) is 47.4 Å². The maximum absolute atomic E-state index is 14.6. The third-order valence-corrected chi connectivity index (χ3v) is 7.76. The first kappa shape index (κ1) is 19.0. The molecule has 3 nitrogen and oxygen atoms in total. The van der Waals surface area contributed by atoms with Gasteiger partial charge in [0, 0.05) is 16.5 Å². The predicted octanol–water partition coefficient (Wildman–Crippen LogP) is 4.68. The van der Waals surface area contributed by atoms with Gasteiger partial charge in [-0.1, -0.05) is 18.0 Å². The summed E-state index contributed by atoms with van der Waals surface area (Å²) in [7, 11) is -4.10. The fourth-order valence-corrected chi connectivity index (χ4v) is 6.08. The minimum Gasteiger partial charge on any atom is -0.303 e. The Labute approximate surface area is 155 Å².